The molecule has 0 saturated carbocycles. The van der Waals surface area contributed by atoms with Gasteiger partial charge in [0.25, 0.3) is 0 Å². The van der Waals surface area contributed by atoms with E-state index >= 15 is 0 Å². The van der Waals surface area contributed by atoms with Crippen LogP contribution in [-0.2, 0) is 4.79 Å². The highest BCUT2D eigenvalue weighted by molar-refractivity contribution is 5.76. The molecular weight excluding hydrogens is 482 g/mol. The van der Waals surface area contributed by atoms with Crippen molar-refractivity contribution in [2.45, 2.75) is 199 Å². The average Bonchev–Trinajstić information content (AvgIpc) is 2.94. The number of allylic oxidation sites excluding steroid dienone is 1. The molecule has 0 bridgehead atoms. The number of unbranched alkanes of at least 4 members (excludes halogenated alkanes) is 24. The predicted octanol–water partition coefficient (Wildman–Crippen LogP) is 9.95. The molecule has 2 atom stereocenters. The Kier molecular flexibility index (Phi) is 30.9. The van der Waals surface area contributed by atoms with Gasteiger partial charge in [0.1, 0.15) is 0 Å². The summed E-state index contributed by atoms with van der Waals surface area (Å²) >= 11 is 0. The molecule has 0 aromatic rings. The van der Waals surface area contributed by atoms with Gasteiger partial charge in [-0.1, -0.05) is 174 Å². The number of amides is 1. The van der Waals surface area contributed by atoms with E-state index in [1.807, 2.05) is 6.08 Å². The lowest BCUT2D eigenvalue weighted by Crippen LogP contribution is -2.45. The molecule has 0 saturated heterocycles. The number of aliphatic hydroxyl groups is 2. The van der Waals surface area contributed by atoms with Gasteiger partial charge < -0.3 is 15.5 Å². The summed E-state index contributed by atoms with van der Waals surface area (Å²) in [6.45, 7) is 4.27. The standard InChI is InChI=1S/C35H69NO3/c1-3-5-7-9-11-13-14-15-16-17-18-19-20-21-22-23-25-27-29-31-35(39)36-33(32-37)34(38)30-28-26-24-12-10-8-6-4-2/h28,30,33-34,37-38H,3-27,29,31-32H2,1-2H3,(H,36,39)/b30-28+. The van der Waals surface area contributed by atoms with Gasteiger partial charge in [0.05, 0.1) is 18.8 Å². The summed E-state index contributed by atoms with van der Waals surface area (Å²) in [5, 5.41) is 22.7. The second-order valence-electron chi connectivity index (χ2n) is 11.9. The van der Waals surface area contributed by atoms with Gasteiger partial charge in [-0.25, -0.2) is 0 Å². The molecule has 0 aliphatic rings. The second kappa shape index (κ2) is 31.7. The maximum atomic E-state index is 12.2. The minimum absolute atomic E-state index is 0.0654. The van der Waals surface area contributed by atoms with E-state index in [1.165, 1.54) is 141 Å². The number of rotatable bonds is 31. The maximum absolute atomic E-state index is 12.2. The minimum atomic E-state index is -0.829. The van der Waals surface area contributed by atoms with Crippen LogP contribution >= 0.6 is 0 Å². The average molecular weight is 552 g/mol. The number of aliphatic hydroxyl groups excluding tert-OH is 2. The Morgan fingerprint density at radius 1 is 0.590 bits per heavy atom. The van der Waals surface area contributed by atoms with Crippen LogP contribution in [0.1, 0.15) is 187 Å². The van der Waals surface area contributed by atoms with Crippen molar-refractivity contribution in [3.63, 3.8) is 0 Å². The van der Waals surface area contributed by atoms with E-state index in [4.69, 9.17) is 0 Å². The fraction of sp³-hybridized carbons (Fsp3) is 0.914. The fourth-order valence-electron chi connectivity index (χ4n) is 5.29. The second-order valence-corrected chi connectivity index (χ2v) is 11.9. The molecule has 4 nitrogen and oxygen atoms in total. The summed E-state index contributed by atoms with van der Waals surface area (Å²) in [6.07, 6.45) is 37.3. The molecule has 1 amide bonds. The van der Waals surface area contributed by atoms with Gasteiger partial charge in [-0.3, -0.25) is 4.79 Å². The highest BCUT2D eigenvalue weighted by atomic mass is 16.3. The Hall–Kier alpha value is -0.870. The van der Waals surface area contributed by atoms with Crippen LogP contribution in [0.3, 0.4) is 0 Å². The summed E-state index contributed by atoms with van der Waals surface area (Å²) in [6, 6.07) is -0.612. The first-order valence-electron chi connectivity index (χ1n) is 17.4. The quantitative estimate of drug-likeness (QED) is 0.0593. The minimum Gasteiger partial charge on any atom is -0.394 e. The molecular formula is C35H69NO3. The topological polar surface area (TPSA) is 69.6 Å². The van der Waals surface area contributed by atoms with E-state index in [2.05, 4.69) is 19.2 Å². The van der Waals surface area contributed by atoms with Crippen LogP contribution in [-0.4, -0.2) is 34.9 Å². The molecule has 3 N–H and O–H groups in total. The van der Waals surface area contributed by atoms with Gasteiger partial charge in [-0.05, 0) is 19.3 Å². The largest absolute Gasteiger partial charge is 0.394 e. The third-order valence-electron chi connectivity index (χ3n) is 8.02. The van der Waals surface area contributed by atoms with E-state index < -0.39 is 12.1 Å². The number of hydrogen-bond acceptors (Lipinski definition) is 3. The first-order chi connectivity index (χ1) is 19.2. The predicted molar refractivity (Wildman–Crippen MR) is 170 cm³/mol. The Balaban J connectivity index is 3.51. The summed E-state index contributed by atoms with van der Waals surface area (Å²) in [5.41, 5.74) is 0. The lowest BCUT2D eigenvalue weighted by atomic mass is 10.0. The molecule has 0 spiro atoms. The lowest BCUT2D eigenvalue weighted by Gasteiger charge is -2.20. The van der Waals surface area contributed by atoms with Crippen molar-refractivity contribution in [3.8, 4) is 0 Å². The summed E-state index contributed by atoms with van der Waals surface area (Å²) in [5.74, 6) is -0.0654. The molecule has 0 aliphatic carbocycles. The Labute approximate surface area is 244 Å². The van der Waals surface area contributed by atoms with Crippen molar-refractivity contribution in [1.29, 1.82) is 0 Å². The number of carbonyl (C=O) groups is 1. The van der Waals surface area contributed by atoms with Gasteiger partial charge in [-0.15, -0.1) is 0 Å². The van der Waals surface area contributed by atoms with Crippen LogP contribution in [0.2, 0.25) is 0 Å². The normalized spacial score (nSPS) is 13.2. The van der Waals surface area contributed by atoms with Crippen LogP contribution in [0.5, 0.6) is 0 Å². The van der Waals surface area contributed by atoms with Crippen molar-refractivity contribution in [2.24, 2.45) is 0 Å². The third kappa shape index (κ3) is 28.5. The van der Waals surface area contributed by atoms with Gasteiger partial charge >= 0.3 is 0 Å². The highest BCUT2D eigenvalue weighted by Gasteiger charge is 2.17. The van der Waals surface area contributed by atoms with E-state index in [0.717, 1.165) is 25.7 Å². The first-order valence-corrected chi connectivity index (χ1v) is 17.4. The lowest BCUT2D eigenvalue weighted by molar-refractivity contribution is -0.123. The fourth-order valence-corrected chi connectivity index (χ4v) is 5.29. The summed E-state index contributed by atoms with van der Waals surface area (Å²) in [7, 11) is 0. The van der Waals surface area contributed by atoms with Gasteiger partial charge in [0.2, 0.25) is 5.91 Å². The van der Waals surface area contributed by atoms with Gasteiger partial charge in [0, 0.05) is 6.42 Å². The van der Waals surface area contributed by atoms with Crippen LogP contribution < -0.4 is 5.32 Å². The number of nitrogens with one attached hydrogen (secondary N) is 1. The zero-order valence-electron chi connectivity index (χ0n) is 26.4. The number of carbonyl (C=O) groups excluding carboxylic acids is 1. The maximum Gasteiger partial charge on any atom is 0.220 e. The monoisotopic (exact) mass is 552 g/mol. The molecule has 39 heavy (non-hydrogen) atoms. The van der Waals surface area contributed by atoms with E-state index in [-0.39, 0.29) is 12.5 Å². The molecule has 4 heteroatoms. The zero-order valence-corrected chi connectivity index (χ0v) is 26.4. The zero-order chi connectivity index (χ0) is 28.7. The molecule has 2 unspecified atom stereocenters. The van der Waals surface area contributed by atoms with Crippen molar-refractivity contribution in [1.82, 2.24) is 5.32 Å². The van der Waals surface area contributed by atoms with E-state index in [9.17, 15) is 15.0 Å². The molecule has 0 heterocycles. The Morgan fingerprint density at radius 3 is 1.33 bits per heavy atom. The molecule has 232 valence electrons. The van der Waals surface area contributed by atoms with Crippen LogP contribution in [0.4, 0.5) is 0 Å². The molecule has 0 aromatic carbocycles. The van der Waals surface area contributed by atoms with Crippen LogP contribution in [0, 0.1) is 0 Å². The molecule has 0 aliphatic heterocycles. The molecule has 0 fully saturated rings. The smallest absolute Gasteiger partial charge is 0.220 e. The van der Waals surface area contributed by atoms with E-state index in [1.54, 1.807) is 6.08 Å². The number of hydrogen-bond donors (Lipinski definition) is 3. The summed E-state index contributed by atoms with van der Waals surface area (Å²) < 4.78 is 0. The highest BCUT2D eigenvalue weighted by Crippen LogP contribution is 2.15. The molecule has 0 aromatic heterocycles. The van der Waals surface area contributed by atoms with Crippen LogP contribution in [0.25, 0.3) is 0 Å². The van der Waals surface area contributed by atoms with Gasteiger partial charge in [-0.2, -0.15) is 0 Å². The van der Waals surface area contributed by atoms with E-state index in [0.29, 0.717) is 6.42 Å². The Bertz CT molecular complexity index is 522. The SMILES string of the molecule is CCCCCCCC/C=C/C(O)C(CO)NC(=O)CCCCCCCCCCCCCCCCCCCCC. The molecule has 0 radical (unpaired) electrons. The van der Waals surface area contributed by atoms with Crippen molar-refractivity contribution in [3.05, 3.63) is 12.2 Å². The first kappa shape index (κ1) is 38.1. The van der Waals surface area contributed by atoms with Crippen LogP contribution in [0.15, 0.2) is 12.2 Å². The van der Waals surface area contributed by atoms with Crippen molar-refractivity contribution >= 4 is 5.91 Å². The molecule has 0 rings (SSSR count). The Morgan fingerprint density at radius 2 is 0.949 bits per heavy atom. The summed E-state index contributed by atoms with van der Waals surface area (Å²) in [4.78, 5) is 12.2. The van der Waals surface area contributed by atoms with Crippen molar-refractivity contribution in [2.75, 3.05) is 6.61 Å². The van der Waals surface area contributed by atoms with Gasteiger partial charge in [0.15, 0.2) is 0 Å². The third-order valence-corrected chi connectivity index (χ3v) is 8.02. The van der Waals surface area contributed by atoms with Crippen molar-refractivity contribution < 1.29 is 15.0 Å².